The number of anilines is 1. The van der Waals surface area contributed by atoms with Crippen molar-refractivity contribution in [2.24, 2.45) is 0 Å². The maximum atomic E-state index is 13.1. The Morgan fingerprint density at radius 2 is 1.89 bits per heavy atom. The fourth-order valence-electron chi connectivity index (χ4n) is 2.52. The van der Waals surface area contributed by atoms with Crippen LogP contribution in [0.5, 0.6) is 0 Å². The summed E-state index contributed by atoms with van der Waals surface area (Å²) in [5.74, 6) is 0.453. The zero-order chi connectivity index (χ0) is 19.6. The summed E-state index contributed by atoms with van der Waals surface area (Å²) in [6.07, 6.45) is 4.81. The Morgan fingerprint density at radius 3 is 2.57 bits per heavy atom. The van der Waals surface area contributed by atoms with Gasteiger partial charge in [0.05, 0.1) is 11.2 Å². The van der Waals surface area contributed by atoms with Crippen molar-refractivity contribution in [2.45, 2.75) is 16.5 Å². The van der Waals surface area contributed by atoms with Crippen LogP contribution in [-0.2, 0) is 16.4 Å². The second kappa shape index (κ2) is 7.61. The number of furan rings is 1. The summed E-state index contributed by atoms with van der Waals surface area (Å²) in [6.45, 7) is 0.323. The Balaban J connectivity index is 1.74. The van der Waals surface area contributed by atoms with Crippen LogP contribution >= 0.6 is 15.9 Å². The fourth-order valence-corrected chi connectivity index (χ4v) is 4.06. The molecular formula is C19H14BrN3O4S. The quantitative estimate of drug-likeness (QED) is 0.451. The number of sulfone groups is 1. The van der Waals surface area contributed by atoms with E-state index in [2.05, 4.69) is 31.2 Å². The summed E-state index contributed by atoms with van der Waals surface area (Å²) in [6, 6.07) is 13.3. The first-order valence-electron chi connectivity index (χ1n) is 8.22. The van der Waals surface area contributed by atoms with E-state index in [9.17, 15) is 8.42 Å². The normalized spacial score (nSPS) is 11.5. The Bertz CT molecular complexity index is 1170. The summed E-state index contributed by atoms with van der Waals surface area (Å²) in [4.78, 5) is 8.35. The van der Waals surface area contributed by atoms with Crippen molar-refractivity contribution in [3.8, 4) is 11.7 Å². The lowest BCUT2D eigenvalue weighted by molar-refractivity contribution is 0.522. The molecule has 3 heterocycles. The number of rotatable bonds is 6. The molecule has 1 aromatic carbocycles. The number of hydrogen-bond donors (Lipinski definition) is 1. The van der Waals surface area contributed by atoms with Gasteiger partial charge < -0.3 is 14.2 Å². The molecule has 0 atom stereocenters. The molecule has 0 saturated heterocycles. The predicted molar refractivity (Wildman–Crippen MR) is 105 cm³/mol. The van der Waals surface area contributed by atoms with Crippen molar-refractivity contribution in [1.82, 2.24) is 9.97 Å². The van der Waals surface area contributed by atoms with Crippen LogP contribution in [0.3, 0.4) is 0 Å². The summed E-state index contributed by atoms with van der Waals surface area (Å²) in [5, 5.41) is 2.80. The summed E-state index contributed by atoms with van der Waals surface area (Å²) in [5.41, 5.74) is 0.866. The van der Waals surface area contributed by atoms with E-state index in [0.29, 0.717) is 12.3 Å². The van der Waals surface area contributed by atoms with Crippen molar-refractivity contribution in [1.29, 1.82) is 0 Å². The minimum Gasteiger partial charge on any atom is -0.459 e. The molecule has 0 saturated carbocycles. The highest BCUT2D eigenvalue weighted by Gasteiger charge is 2.29. The van der Waals surface area contributed by atoms with E-state index in [1.165, 1.54) is 18.4 Å². The lowest BCUT2D eigenvalue weighted by Crippen LogP contribution is -2.07. The fraction of sp³-hybridized carbons (Fsp3) is 0.0526. The molecule has 4 rings (SSSR count). The second-order valence-corrected chi connectivity index (χ2v) is 8.58. The average molecular weight is 460 g/mol. The zero-order valence-electron chi connectivity index (χ0n) is 14.4. The Kier molecular flexibility index (Phi) is 5.01. The number of aromatic nitrogens is 2. The van der Waals surface area contributed by atoms with Gasteiger partial charge in [-0.2, -0.15) is 4.98 Å². The van der Waals surface area contributed by atoms with Crippen molar-refractivity contribution < 1.29 is 17.3 Å². The van der Waals surface area contributed by atoms with Gasteiger partial charge in [0.15, 0.2) is 5.76 Å². The monoisotopic (exact) mass is 459 g/mol. The average Bonchev–Trinajstić information content (AvgIpc) is 3.37. The molecule has 0 aliphatic carbocycles. The third-order valence-electron chi connectivity index (χ3n) is 3.88. The zero-order valence-corrected chi connectivity index (χ0v) is 16.8. The molecule has 0 aliphatic heterocycles. The number of halogens is 1. The molecule has 4 aromatic rings. The van der Waals surface area contributed by atoms with E-state index >= 15 is 0 Å². The van der Waals surface area contributed by atoms with Crippen LogP contribution < -0.4 is 5.32 Å². The van der Waals surface area contributed by atoms with Gasteiger partial charge in [-0.25, -0.2) is 8.42 Å². The lowest BCUT2D eigenvalue weighted by atomic mass is 10.3. The van der Waals surface area contributed by atoms with Crippen LogP contribution in [-0.4, -0.2) is 18.4 Å². The van der Waals surface area contributed by atoms with Crippen LogP contribution in [0.4, 0.5) is 5.88 Å². The SMILES string of the molecule is O=S(=O)(c1ccc(Br)cc1)c1nc(-c2ccco2)oc1NCc1cccnc1. The van der Waals surface area contributed by atoms with Gasteiger partial charge in [0.2, 0.25) is 20.7 Å². The van der Waals surface area contributed by atoms with Crippen molar-refractivity contribution in [3.63, 3.8) is 0 Å². The van der Waals surface area contributed by atoms with Crippen LogP contribution in [0.25, 0.3) is 11.7 Å². The molecule has 28 heavy (non-hydrogen) atoms. The molecule has 9 heteroatoms. The third-order valence-corrected chi connectivity index (χ3v) is 6.09. The molecule has 7 nitrogen and oxygen atoms in total. The molecule has 0 fully saturated rings. The highest BCUT2D eigenvalue weighted by Crippen LogP contribution is 2.33. The molecule has 0 spiro atoms. The maximum Gasteiger partial charge on any atom is 0.266 e. The van der Waals surface area contributed by atoms with Crippen LogP contribution in [0.15, 0.2) is 90.4 Å². The van der Waals surface area contributed by atoms with E-state index in [1.807, 2.05) is 6.07 Å². The molecule has 142 valence electrons. The van der Waals surface area contributed by atoms with E-state index in [0.717, 1.165) is 10.0 Å². The number of nitrogens with zero attached hydrogens (tertiary/aromatic N) is 2. The van der Waals surface area contributed by atoms with Gasteiger partial charge >= 0.3 is 0 Å². The van der Waals surface area contributed by atoms with Crippen molar-refractivity contribution in [3.05, 3.63) is 77.2 Å². The van der Waals surface area contributed by atoms with Crippen molar-refractivity contribution >= 4 is 31.7 Å². The van der Waals surface area contributed by atoms with Crippen LogP contribution in [0.2, 0.25) is 0 Å². The predicted octanol–water partition coefficient (Wildman–Crippen LogP) is 4.54. The summed E-state index contributed by atoms with van der Waals surface area (Å²) >= 11 is 3.30. The van der Waals surface area contributed by atoms with Gasteiger partial charge in [-0.15, -0.1) is 0 Å². The second-order valence-electron chi connectivity index (χ2n) is 5.80. The van der Waals surface area contributed by atoms with E-state index in [1.54, 1.807) is 42.7 Å². The molecule has 3 aromatic heterocycles. The van der Waals surface area contributed by atoms with Gasteiger partial charge in [-0.05, 0) is 48.0 Å². The molecule has 0 aliphatic rings. The number of pyridine rings is 1. The highest BCUT2D eigenvalue weighted by molar-refractivity contribution is 9.10. The highest BCUT2D eigenvalue weighted by atomic mass is 79.9. The van der Waals surface area contributed by atoms with Gasteiger partial charge in [0.25, 0.3) is 5.89 Å². The first-order chi connectivity index (χ1) is 13.5. The lowest BCUT2D eigenvalue weighted by Gasteiger charge is -2.06. The molecule has 0 unspecified atom stereocenters. The number of nitrogens with one attached hydrogen (secondary N) is 1. The number of oxazole rings is 1. The molecule has 0 amide bonds. The van der Waals surface area contributed by atoms with Crippen molar-refractivity contribution in [2.75, 3.05) is 5.32 Å². The first kappa shape index (κ1) is 18.5. The molecule has 1 N–H and O–H groups in total. The third kappa shape index (κ3) is 3.71. The molecular weight excluding hydrogens is 446 g/mol. The van der Waals surface area contributed by atoms with Gasteiger partial charge in [0.1, 0.15) is 0 Å². The summed E-state index contributed by atoms with van der Waals surface area (Å²) in [7, 11) is -3.91. The van der Waals surface area contributed by atoms with E-state index in [-0.39, 0.29) is 21.7 Å². The Hall–Kier alpha value is -2.91. The van der Waals surface area contributed by atoms with Gasteiger partial charge in [-0.1, -0.05) is 22.0 Å². The first-order valence-corrected chi connectivity index (χ1v) is 10.5. The minimum atomic E-state index is -3.91. The summed E-state index contributed by atoms with van der Waals surface area (Å²) < 4.78 is 38.0. The minimum absolute atomic E-state index is 0.0400. The number of hydrogen-bond acceptors (Lipinski definition) is 7. The van der Waals surface area contributed by atoms with Crippen LogP contribution in [0.1, 0.15) is 5.56 Å². The standard InChI is InChI=1S/C19H14BrN3O4S/c20-14-5-7-15(8-6-14)28(24,25)19-18(22-12-13-3-1-9-21-11-13)27-17(23-19)16-4-2-10-26-16/h1-11,22H,12H2. The van der Waals surface area contributed by atoms with Crippen LogP contribution in [0, 0.1) is 0 Å². The van der Waals surface area contributed by atoms with E-state index < -0.39 is 9.84 Å². The largest absolute Gasteiger partial charge is 0.459 e. The van der Waals surface area contributed by atoms with E-state index in [4.69, 9.17) is 8.83 Å². The Morgan fingerprint density at radius 1 is 1.07 bits per heavy atom. The number of benzene rings is 1. The smallest absolute Gasteiger partial charge is 0.266 e. The Labute approximate surface area is 169 Å². The molecule has 0 radical (unpaired) electrons. The van der Waals surface area contributed by atoms with Gasteiger partial charge in [0, 0.05) is 23.4 Å². The molecule has 0 bridgehead atoms. The van der Waals surface area contributed by atoms with Gasteiger partial charge in [-0.3, -0.25) is 4.98 Å². The maximum absolute atomic E-state index is 13.1. The topological polar surface area (TPSA) is 98.2 Å².